The number of nitrogens with one attached hydrogen (secondary N) is 1. The highest BCUT2D eigenvalue weighted by Gasteiger charge is 2.18. The number of benzene rings is 7. The van der Waals surface area contributed by atoms with Gasteiger partial charge in [-0.25, -0.2) is 4.99 Å². The molecule has 0 atom stereocenters. The van der Waals surface area contributed by atoms with Crippen LogP contribution in [0.5, 0.6) is 0 Å². The van der Waals surface area contributed by atoms with Crippen molar-refractivity contribution >= 4 is 72.7 Å². The first kappa shape index (κ1) is 32.4. The minimum absolute atomic E-state index is 0.136. The molecule has 10 rings (SSSR count). The van der Waals surface area contributed by atoms with E-state index in [0.29, 0.717) is 5.71 Å². The quantitative estimate of drug-likeness (QED) is 0.137. The minimum atomic E-state index is 0.136. The van der Waals surface area contributed by atoms with Gasteiger partial charge in [-0.3, -0.25) is 9.98 Å². The maximum atomic E-state index is 9.37. The maximum absolute atomic E-state index is 9.37. The number of hydrogen-bond acceptors (Lipinski definition) is 4. The summed E-state index contributed by atoms with van der Waals surface area (Å²) in [6, 6.07) is 60.3. The van der Waals surface area contributed by atoms with E-state index in [1.54, 1.807) is 11.3 Å². The molecule has 7 heteroatoms. The SMILES string of the molecule is N=C(/N=C(\C=C\c1ccccc1)c1ccccc1)n1c2ccccc2c2cc(-c3nnc(-c4ccc5c6ccccc6n(-c6ccccc6)c5c4)s3)ccc21. The second kappa shape index (κ2) is 13.6. The van der Waals surface area contributed by atoms with E-state index in [1.165, 1.54) is 16.3 Å². The zero-order chi connectivity index (χ0) is 36.7. The Hall–Kier alpha value is -7.22. The fourth-order valence-electron chi connectivity index (χ4n) is 7.46. The zero-order valence-corrected chi connectivity index (χ0v) is 30.4. The number of aromatic nitrogens is 4. The van der Waals surface area contributed by atoms with Gasteiger partial charge in [-0.15, -0.1) is 10.2 Å². The first-order valence-corrected chi connectivity index (χ1v) is 18.9. The summed E-state index contributed by atoms with van der Waals surface area (Å²) in [5.41, 5.74) is 9.96. The molecule has 0 aliphatic rings. The molecule has 0 radical (unpaired) electrons. The van der Waals surface area contributed by atoms with Crippen molar-refractivity contribution in [3.05, 3.63) is 193 Å². The van der Waals surface area contributed by atoms with Crippen LogP contribution in [-0.4, -0.2) is 31.0 Å². The zero-order valence-electron chi connectivity index (χ0n) is 29.5. The fraction of sp³-hybridized carbons (Fsp3) is 0. The van der Waals surface area contributed by atoms with Gasteiger partial charge in [0.1, 0.15) is 10.0 Å². The fourth-order valence-corrected chi connectivity index (χ4v) is 8.30. The molecule has 0 bridgehead atoms. The molecule has 3 aromatic heterocycles. The summed E-state index contributed by atoms with van der Waals surface area (Å²) in [5, 5.41) is 25.0. The Bertz CT molecular complexity index is 3100. The summed E-state index contributed by atoms with van der Waals surface area (Å²) in [6.45, 7) is 0. The molecule has 3 heterocycles. The average molecular weight is 725 g/mol. The highest BCUT2D eigenvalue weighted by molar-refractivity contribution is 7.17. The Morgan fingerprint density at radius 1 is 0.527 bits per heavy atom. The van der Waals surface area contributed by atoms with Crippen molar-refractivity contribution in [1.82, 2.24) is 19.3 Å². The second-order valence-electron chi connectivity index (χ2n) is 13.3. The van der Waals surface area contributed by atoms with Gasteiger partial charge in [0.15, 0.2) is 0 Å². The predicted octanol–water partition coefficient (Wildman–Crippen LogP) is 12.1. The smallest absolute Gasteiger partial charge is 0.227 e. The Balaban J connectivity index is 1.04. The topological polar surface area (TPSA) is 71.8 Å². The van der Waals surface area contributed by atoms with Gasteiger partial charge in [-0.1, -0.05) is 145 Å². The molecular formula is C48H32N6S. The van der Waals surface area contributed by atoms with E-state index < -0.39 is 0 Å². The van der Waals surface area contributed by atoms with E-state index in [4.69, 9.17) is 15.2 Å². The van der Waals surface area contributed by atoms with Crippen LogP contribution in [0, 0.1) is 5.41 Å². The first-order chi connectivity index (χ1) is 27.2. The molecule has 10 aromatic rings. The van der Waals surface area contributed by atoms with Crippen molar-refractivity contribution in [3.8, 4) is 26.8 Å². The largest absolute Gasteiger partial charge is 0.309 e. The molecule has 1 N–H and O–H groups in total. The predicted molar refractivity (Wildman–Crippen MR) is 230 cm³/mol. The van der Waals surface area contributed by atoms with E-state index in [-0.39, 0.29) is 5.96 Å². The number of fused-ring (bicyclic) bond motifs is 6. The van der Waals surface area contributed by atoms with Crippen LogP contribution in [0.2, 0.25) is 0 Å². The van der Waals surface area contributed by atoms with Crippen LogP contribution in [-0.2, 0) is 0 Å². The van der Waals surface area contributed by atoms with Crippen LogP contribution in [0.4, 0.5) is 0 Å². The standard InChI is InChI=1S/C48H32N6S/c49-48(50-41(33-16-6-2-7-17-33)28-24-32-14-4-1-5-15-32)54-43-23-13-11-21-38(43)40-30-34(26-29-44(40)54)46-51-52-47(55-46)35-25-27-39-37-20-10-12-22-42(37)53(45(39)31-35)36-18-8-3-9-19-36/h1-31,49H/b28-24+,49-48?,50-41+. The normalized spacial score (nSPS) is 12.1. The van der Waals surface area contributed by atoms with Gasteiger partial charge in [0.2, 0.25) is 5.96 Å². The Labute approximate surface area is 321 Å². The lowest BCUT2D eigenvalue weighted by molar-refractivity contribution is 1.10. The molecule has 7 aromatic carbocycles. The van der Waals surface area contributed by atoms with Gasteiger partial charge in [-0.2, -0.15) is 0 Å². The molecule has 55 heavy (non-hydrogen) atoms. The summed E-state index contributed by atoms with van der Waals surface area (Å²) in [7, 11) is 0. The number of nitrogens with zero attached hydrogens (tertiary/aromatic N) is 5. The number of para-hydroxylation sites is 3. The highest BCUT2D eigenvalue weighted by atomic mass is 32.1. The van der Waals surface area contributed by atoms with Gasteiger partial charge in [0.25, 0.3) is 0 Å². The molecule has 0 fully saturated rings. The highest BCUT2D eigenvalue weighted by Crippen LogP contribution is 2.38. The summed E-state index contributed by atoms with van der Waals surface area (Å²) < 4.78 is 4.25. The molecule has 0 amide bonds. The lowest BCUT2D eigenvalue weighted by Crippen LogP contribution is -2.11. The maximum Gasteiger partial charge on any atom is 0.227 e. The molecule has 0 saturated carbocycles. The molecule has 0 spiro atoms. The van der Waals surface area contributed by atoms with Crippen LogP contribution in [0.1, 0.15) is 11.1 Å². The monoisotopic (exact) mass is 724 g/mol. The molecule has 0 aliphatic heterocycles. The van der Waals surface area contributed by atoms with Crippen molar-refractivity contribution in [2.24, 2.45) is 4.99 Å². The summed E-state index contributed by atoms with van der Waals surface area (Å²) in [4.78, 5) is 4.94. The lowest BCUT2D eigenvalue weighted by atomic mass is 10.1. The van der Waals surface area contributed by atoms with E-state index in [1.807, 2.05) is 83.4 Å². The number of rotatable bonds is 6. The van der Waals surface area contributed by atoms with Crippen molar-refractivity contribution in [1.29, 1.82) is 5.41 Å². The van der Waals surface area contributed by atoms with E-state index >= 15 is 0 Å². The van der Waals surface area contributed by atoms with Crippen LogP contribution in [0.15, 0.2) is 187 Å². The third kappa shape index (κ3) is 5.84. The van der Waals surface area contributed by atoms with E-state index in [0.717, 1.165) is 65.3 Å². The second-order valence-corrected chi connectivity index (χ2v) is 14.3. The molecule has 0 unspecified atom stereocenters. The third-order valence-corrected chi connectivity index (χ3v) is 11.0. The minimum Gasteiger partial charge on any atom is -0.309 e. The van der Waals surface area contributed by atoms with E-state index in [2.05, 4.69) is 114 Å². The Morgan fingerprint density at radius 2 is 1.09 bits per heavy atom. The van der Waals surface area contributed by atoms with Crippen molar-refractivity contribution in [2.45, 2.75) is 0 Å². The summed E-state index contributed by atoms with van der Waals surface area (Å²) in [5.74, 6) is 0.136. The lowest BCUT2D eigenvalue weighted by Gasteiger charge is -2.08. The van der Waals surface area contributed by atoms with Gasteiger partial charge < -0.3 is 4.57 Å². The van der Waals surface area contributed by atoms with Crippen molar-refractivity contribution in [3.63, 3.8) is 0 Å². The van der Waals surface area contributed by atoms with E-state index in [9.17, 15) is 5.41 Å². The summed E-state index contributed by atoms with van der Waals surface area (Å²) >= 11 is 1.58. The van der Waals surface area contributed by atoms with Crippen LogP contribution < -0.4 is 0 Å². The third-order valence-electron chi connectivity index (χ3n) is 10.0. The van der Waals surface area contributed by atoms with Gasteiger partial charge in [-0.05, 0) is 60.2 Å². The molecular weight excluding hydrogens is 693 g/mol. The molecule has 260 valence electrons. The number of aliphatic imine (C=N–C) groups is 1. The summed E-state index contributed by atoms with van der Waals surface area (Å²) in [6.07, 6.45) is 4.02. The molecule has 0 saturated heterocycles. The molecule has 0 aliphatic carbocycles. The van der Waals surface area contributed by atoms with Gasteiger partial charge in [0.05, 0.1) is 27.8 Å². The van der Waals surface area contributed by atoms with Crippen LogP contribution in [0.3, 0.4) is 0 Å². The van der Waals surface area contributed by atoms with Crippen LogP contribution in [0.25, 0.3) is 76.5 Å². The first-order valence-electron chi connectivity index (χ1n) is 18.1. The van der Waals surface area contributed by atoms with Crippen molar-refractivity contribution < 1.29 is 0 Å². The van der Waals surface area contributed by atoms with Gasteiger partial charge in [0, 0.05) is 43.9 Å². The van der Waals surface area contributed by atoms with Crippen LogP contribution >= 0.6 is 11.3 Å². The number of allylic oxidation sites excluding steroid dienone is 1. The number of hydrogen-bond donors (Lipinski definition) is 1. The molecule has 6 nitrogen and oxygen atoms in total. The van der Waals surface area contributed by atoms with Gasteiger partial charge >= 0.3 is 0 Å². The average Bonchev–Trinajstić information content (AvgIpc) is 3.96. The Morgan fingerprint density at radius 3 is 1.84 bits per heavy atom. The Kier molecular flexibility index (Phi) is 8.04. The van der Waals surface area contributed by atoms with Crippen molar-refractivity contribution in [2.75, 3.05) is 0 Å².